The van der Waals surface area contributed by atoms with Crippen LogP contribution in [0.25, 0.3) is 0 Å². The average Bonchev–Trinajstić information content (AvgIpc) is 2.64. The Labute approximate surface area is 156 Å². The van der Waals surface area contributed by atoms with Gasteiger partial charge in [-0.25, -0.2) is 9.18 Å². The quantitative estimate of drug-likeness (QED) is 0.755. The van der Waals surface area contributed by atoms with Crippen LogP contribution in [-0.2, 0) is 4.79 Å². The summed E-state index contributed by atoms with van der Waals surface area (Å²) in [4.78, 5) is 24.8. The van der Waals surface area contributed by atoms with Gasteiger partial charge in [-0.1, -0.05) is 12.1 Å². The van der Waals surface area contributed by atoms with Gasteiger partial charge in [0.2, 0.25) is 0 Å². The molecule has 0 saturated heterocycles. The molecule has 0 fully saturated rings. The summed E-state index contributed by atoms with van der Waals surface area (Å²) in [5.74, 6) is -0.0627. The molecule has 0 unspecified atom stereocenters. The van der Waals surface area contributed by atoms with Crippen molar-refractivity contribution in [3.8, 4) is 5.75 Å². The summed E-state index contributed by atoms with van der Waals surface area (Å²) in [6.45, 7) is 4.11. The van der Waals surface area contributed by atoms with Crippen LogP contribution >= 0.6 is 0 Å². The number of nitrogens with one attached hydrogen (secondary N) is 3. The minimum atomic E-state index is -0.616. The Morgan fingerprint density at radius 3 is 2.44 bits per heavy atom. The normalized spacial score (nSPS) is 16.4. The SMILES string of the molecule is CCOc1ccc([C@@H]2NC(=O)NC(C)=C2C(=O)Nc2ccc(F)cc2)cc1. The Balaban J connectivity index is 1.89. The van der Waals surface area contributed by atoms with E-state index in [0.717, 1.165) is 5.56 Å². The lowest BCUT2D eigenvalue weighted by Crippen LogP contribution is -2.45. The lowest BCUT2D eigenvalue weighted by Gasteiger charge is -2.28. The van der Waals surface area contributed by atoms with Crippen molar-refractivity contribution in [3.63, 3.8) is 0 Å². The minimum Gasteiger partial charge on any atom is -0.494 e. The van der Waals surface area contributed by atoms with Crippen LogP contribution < -0.4 is 20.7 Å². The molecule has 0 saturated carbocycles. The number of allylic oxidation sites excluding steroid dienone is 1. The fraction of sp³-hybridized carbons (Fsp3) is 0.200. The highest BCUT2D eigenvalue weighted by molar-refractivity contribution is 6.06. The van der Waals surface area contributed by atoms with E-state index in [1.165, 1.54) is 24.3 Å². The first-order valence-corrected chi connectivity index (χ1v) is 8.56. The molecule has 3 rings (SSSR count). The molecule has 0 aliphatic carbocycles. The third-order valence-electron chi connectivity index (χ3n) is 4.14. The molecular formula is C20H20FN3O3. The Hall–Kier alpha value is -3.35. The zero-order chi connectivity index (χ0) is 19.4. The molecule has 3 N–H and O–H groups in total. The predicted octanol–water partition coefficient (Wildman–Crippen LogP) is 3.49. The molecular weight excluding hydrogens is 349 g/mol. The summed E-state index contributed by atoms with van der Waals surface area (Å²) in [7, 11) is 0. The number of hydrogen-bond donors (Lipinski definition) is 3. The minimum absolute atomic E-state index is 0.378. The van der Waals surface area contributed by atoms with Crippen LogP contribution in [0.15, 0.2) is 59.8 Å². The maximum atomic E-state index is 13.1. The van der Waals surface area contributed by atoms with Crippen molar-refractivity contribution in [2.24, 2.45) is 0 Å². The second kappa shape index (κ2) is 7.90. The summed E-state index contributed by atoms with van der Waals surface area (Å²) in [5.41, 5.74) is 2.04. The van der Waals surface area contributed by atoms with Gasteiger partial charge in [0.05, 0.1) is 18.2 Å². The highest BCUT2D eigenvalue weighted by Gasteiger charge is 2.31. The smallest absolute Gasteiger partial charge is 0.319 e. The van der Waals surface area contributed by atoms with Crippen molar-refractivity contribution in [1.29, 1.82) is 0 Å². The molecule has 140 valence electrons. The van der Waals surface area contributed by atoms with Gasteiger partial charge in [0.15, 0.2) is 0 Å². The first-order chi connectivity index (χ1) is 13.0. The zero-order valence-corrected chi connectivity index (χ0v) is 15.0. The van der Waals surface area contributed by atoms with Crippen molar-refractivity contribution in [3.05, 3.63) is 71.2 Å². The van der Waals surface area contributed by atoms with Crippen molar-refractivity contribution < 1.29 is 18.7 Å². The van der Waals surface area contributed by atoms with Crippen LogP contribution in [0.3, 0.4) is 0 Å². The van der Waals surface area contributed by atoms with E-state index in [0.29, 0.717) is 29.3 Å². The third-order valence-corrected chi connectivity index (χ3v) is 4.14. The first-order valence-electron chi connectivity index (χ1n) is 8.56. The van der Waals surface area contributed by atoms with Gasteiger partial charge in [-0.2, -0.15) is 0 Å². The van der Waals surface area contributed by atoms with Crippen molar-refractivity contribution in [2.45, 2.75) is 19.9 Å². The number of benzene rings is 2. The van der Waals surface area contributed by atoms with E-state index < -0.39 is 6.04 Å². The van der Waals surface area contributed by atoms with Crippen molar-refractivity contribution >= 4 is 17.6 Å². The van der Waals surface area contributed by atoms with Gasteiger partial charge in [-0.05, 0) is 55.8 Å². The Morgan fingerprint density at radius 2 is 1.81 bits per heavy atom. The largest absolute Gasteiger partial charge is 0.494 e. The summed E-state index contributed by atoms with van der Waals surface area (Å²) >= 11 is 0. The van der Waals surface area contributed by atoms with Gasteiger partial charge >= 0.3 is 6.03 Å². The molecule has 2 aromatic rings. The summed E-state index contributed by atoms with van der Waals surface area (Å²) in [6.07, 6.45) is 0. The first kappa shape index (κ1) is 18.4. The van der Waals surface area contributed by atoms with Gasteiger partial charge < -0.3 is 20.7 Å². The van der Waals surface area contributed by atoms with E-state index in [1.807, 2.05) is 6.92 Å². The second-order valence-electron chi connectivity index (χ2n) is 6.03. The van der Waals surface area contributed by atoms with E-state index in [9.17, 15) is 14.0 Å². The van der Waals surface area contributed by atoms with E-state index in [1.54, 1.807) is 31.2 Å². The van der Waals surface area contributed by atoms with Crippen molar-refractivity contribution in [2.75, 3.05) is 11.9 Å². The van der Waals surface area contributed by atoms with Crippen LogP contribution in [0.1, 0.15) is 25.5 Å². The Bertz CT molecular complexity index is 876. The summed E-state index contributed by atoms with van der Waals surface area (Å²) in [5, 5.41) is 8.13. The van der Waals surface area contributed by atoms with Crippen molar-refractivity contribution in [1.82, 2.24) is 10.6 Å². The van der Waals surface area contributed by atoms with Crippen LogP contribution in [0.4, 0.5) is 14.9 Å². The highest BCUT2D eigenvalue weighted by Crippen LogP contribution is 2.29. The molecule has 3 amide bonds. The van der Waals surface area contributed by atoms with Gasteiger partial charge in [0, 0.05) is 11.4 Å². The maximum absolute atomic E-state index is 13.1. The van der Waals surface area contributed by atoms with E-state index in [2.05, 4.69) is 16.0 Å². The number of anilines is 1. The topological polar surface area (TPSA) is 79.5 Å². The molecule has 7 heteroatoms. The molecule has 1 aliphatic rings. The number of carbonyl (C=O) groups excluding carboxylic acids is 2. The number of rotatable bonds is 5. The molecule has 1 heterocycles. The number of urea groups is 1. The van der Waals surface area contributed by atoms with Crippen LogP contribution in [0.5, 0.6) is 5.75 Å². The summed E-state index contributed by atoms with van der Waals surface area (Å²) < 4.78 is 18.5. The standard InChI is InChI=1S/C20H20FN3O3/c1-3-27-16-10-4-13(5-11-16)18-17(12(2)22-20(26)24-18)19(25)23-15-8-6-14(21)7-9-15/h4-11,18H,3H2,1-2H3,(H,23,25)(H2,22,24,26)/t18-/m0/s1. The van der Waals surface area contributed by atoms with E-state index in [4.69, 9.17) is 4.74 Å². The fourth-order valence-corrected chi connectivity index (χ4v) is 2.90. The number of halogens is 1. The predicted molar refractivity (Wildman–Crippen MR) is 99.7 cm³/mol. The van der Waals surface area contributed by atoms with E-state index >= 15 is 0 Å². The van der Waals surface area contributed by atoms with Crippen LogP contribution in [0.2, 0.25) is 0 Å². The molecule has 1 atom stereocenters. The van der Waals surface area contributed by atoms with Gasteiger partial charge in [0.25, 0.3) is 5.91 Å². The number of amides is 3. The number of ether oxygens (including phenoxy) is 1. The monoisotopic (exact) mass is 369 g/mol. The number of carbonyl (C=O) groups is 2. The molecule has 0 aromatic heterocycles. The third kappa shape index (κ3) is 4.25. The lowest BCUT2D eigenvalue weighted by atomic mass is 9.94. The lowest BCUT2D eigenvalue weighted by molar-refractivity contribution is -0.113. The molecule has 0 radical (unpaired) electrons. The van der Waals surface area contributed by atoms with Gasteiger partial charge in [0.1, 0.15) is 11.6 Å². The molecule has 0 bridgehead atoms. The average molecular weight is 369 g/mol. The zero-order valence-electron chi connectivity index (χ0n) is 15.0. The summed E-state index contributed by atoms with van der Waals surface area (Å²) in [6, 6.07) is 11.7. The highest BCUT2D eigenvalue weighted by atomic mass is 19.1. The Morgan fingerprint density at radius 1 is 1.15 bits per heavy atom. The Kier molecular flexibility index (Phi) is 5.40. The maximum Gasteiger partial charge on any atom is 0.319 e. The molecule has 6 nitrogen and oxygen atoms in total. The molecule has 27 heavy (non-hydrogen) atoms. The van der Waals surface area contributed by atoms with Gasteiger partial charge in [-0.15, -0.1) is 0 Å². The fourth-order valence-electron chi connectivity index (χ4n) is 2.90. The van der Waals surface area contributed by atoms with E-state index in [-0.39, 0.29) is 17.8 Å². The van der Waals surface area contributed by atoms with Gasteiger partial charge in [-0.3, -0.25) is 4.79 Å². The second-order valence-corrected chi connectivity index (χ2v) is 6.03. The molecule has 1 aliphatic heterocycles. The molecule has 0 spiro atoms. The number of hydrogen-bond acceptors (Lipinski definition) is 3. The molecule has 2 aromatic carbocycles. The van der Waals surface area contributed by atoms with Crippen LogP contribution in [0, 0.1) is 5.82 Å². The van der Waals surface area contributed by atoms with Crippen LogP contribution in [-0.4, -0.2) is 18.5 Å².